The highest BCUT2D eigenvalue weighted by Crippen LogP contribution is 2.27. The fraction of sp³-hybridized carbons (Fsp3) is 0.188. The summed E-state index contributed by atoms with van der Waals surface area (Å²) in [7, 11) is 1.89. The predicted octanol–water partition coefficient (Wildman–Crippen LogP) is 2.63. The van der Waals surface area contributed by atoms with E-state index in [-0.39, 0.29) is 12.6 Å². The van der Waals surface area contributed by atoms with Crippen LogP contribution in [0.5, 0.6) is 0 Å². The van der Waals surface area contributed by atoms with Crippen molar-refractivity contribution in [2.24, 2.45) is 0 Å². The molecule has 2 aromatic rings. The topological polar surface area (TPSA) is 53.5 Å². The SMILES string of the molecule is [C-]#[N+]c1cnc(N(C)c2ccc3c(c2)COB3C)cc1C#N. The summed E-state index contributed by atoms with van der Waals surface area (Å²) in [6.07, 6.45) is 1.44. The smallest absolute Gasteiger partial charge is 0.324 e. The van der Waals surface area contributed by atoms with E-state index in [1.165, 1.54) is 17.2 Å². The van der Waals surface area contributed by atoms with Crippen molar-refractivity contribution in [1.29, 1.82) is 5.26 Å². The monoisotopic (exact) mass is 288 g/mol. The minimum absolute atomic E-state index is 0.135. The van der Waals surface area contributed by atoms with E-state index in [1.54, 1.807) is 6.07 Å². The molecule has 1 aromatic carbocycles. The van der Waals surface area contributed by atoms with Crippen molar-refractivity contribution in [2.75, 3.05) is 11.9 Å². The number of rotatable bonds is 2. The summed E-state index contributed by atoms with van der Waals surface area (Å²) in [5.41, 5.74) is 3.98. The molecule has 0 fully saturated rings. The van der Waals surface area contributed by atoms with Crippen LogP contribution in [-0.4, -0.2) is 18.9 Å². The molecule has 0 unspecified atom stereocenters. The van der Waals surface area contributed by atoms with Crippen LogP contribution in [0.15, 0.2) is 30.5 Å². The number of aromatic nitrogens is 1. The molecule has 0 radical (unpaired) electrons. The van der Waals surface area contributed by atoms with Crippen molar-refractivity contribution >= 4 is 29.6 Å². The van der Waals surface area contributed by atoms with Gasteiger partial charge in [0.05, 0.1) is 24.8 Å². The van der Waals surface area contributed by atoms with Gasteiger partial charge in [-0.05, 0) is 29.2 Å². The number of anilines is 2. The van der Waals surface area contributed by atoms with Crippen molar-refractivity contribution in [3.63, 3.8) is 0 Å². The van der Waals surface area contributed by atoms with E-state index >= 15 is 0 Å². The standard InChI is InChI=1S/C16H13BN4O/c1-17-14-5-4-13(6-12(14)10-22-17)21(3)16-7-11(8-18)15(19-2)9-20-16/h4-7,9H,10H2,1,3H3. The van der Waals surface area contributed by atoms with Crippen LogP contribution >= 0.6 is 0 Å². The van der Waals surface area contributed by atoms with E-state index in [9.17, 15) is 0 Å². The molecule has 0 N–H and O–H groups in total. The van der Waals surface area contributed by atoms with Gasteiger partial charge in [-0.15, -0.1) is 0 Å². The van der Waals surface area contributed by atoms with Crippen LogP contribution in [0.4, 0.5) is 17.2 Å². The second-order valence-corrected chi connectivity index (χ2v) is 5.18. The van der Waals surface area contributed by atoms with Gasteiger partial charge < -0.3 is 9.55 Å². The average Bonchev–Trinajstić information content (AvgIpc) is 2.94. The molecule has 0 saturated heterocycles. The van der Waals surface area contributed by atoms with E-state index in [0.29, 0.717) is 18.0 Å². The first kappa shape index (κ1) is 14.1. The van der Waals surface area contributed by atoms with E-state index < -0.39 is 0 Å². The lowest BCUT2D eigenvalue weighted by Crippen LogP contribution is -2.24. The van der Waals surface area contributed by atoms with Crippen LogP contribution in [0.3, 0.4) is 0 Å². The second-order valence-electron chi connectivity index (χ2n) is 5.18. The van der Waals surface area contributed by atoms with Crippen LogP contribution in [0.2, 0.25) is 6.82 Å². The largest absolute Gasteiger partial charge is 0.427 e. The van der Waals surface area contributed by atoms with Crippen molar-refractivity contribution in [2.45, 2.75) is 13.4 Å². The van der Waals surface area contributed by atoms with Crippen molar-refractivity contribution in [3.05, 3.63) is 53.0 Å². The number of fused-ring (bicyclic) bond motifs is 1. The van der Waals surface area contributed by atoms with Crippen LogP contribution in [0.1, 0.15) is 11.1 Å². The van der Waals surface area contributed by atoms with Gasteiger partial charge in [0.15, 0.2) is 0 Å². The Labute approximate surface area is 129 Å². The third-order valence-electron chi connectivity index (χ3n) is 3.89. The molecule has 3 rings (SSSR count). The van der Waals surface area contributed by atoms with Crippen LogP contribution in [0, 0.1) is 17.9 Å². The second kappa shape index (κ2) is 5.52. The Hall–Kier alpha value is -2.83. The summed E-state index contributed by atoms with van der Waals surface area (Å²) in [6, 6.07) is 9.84. The zero-order chi connectivity index (χ0) is 15.7. The predicted molar refractivity (Wildman–Crippen MR) is 85.8 cm³/mol. The highest BCUT2D eigenvalue weighted by Gasteiger charge is 2.23. The van der Waals surface area contributed by atoms with E-state index in [4.69, 9.17) is 16.5 Å². The molecule has 22 heavy (non-hydrogen) atoms. The molecule has 5 nitrogen and oxygen atoms in total. The molecule has 6 heteroatoms. The first-order chi connectivity index (χ1) is 10.6. The van der Waals surface area contributed by atoms with Crippen LogP contribution < -0.4 is 10.4 Å². The van der Waals surface area contributed by atoms with Gasteiger partial charge in [0.25, 0.3) is 0 Å². The summed E-state index contributed by atoms with van der Waals surface area (Å²) in [5, 5.41) is 9.13. The lowest BCUT2D eigenvalue weighted by atomic mass is 9.64. The molecule has 106 valence electrons. The number of benzene rings is 1. The molecule has 0 bridgehead atoms. The van der Waals surface area contributed by atoms with Crippen molar-refractivity contribution in [1.82, 2.24) is 4.98 Å². The lowest BCUT2D eigenvalue weighted by Gasteiger charge is -2.19. The fourth-order valence-corrected chi connectivity index (χ4v) is 2.56. The molecular formula is C16H13BN4O. The Morgan fingerprint density at radius 2 is 2.27 bits per heavy atom. The normalized spacial score (nSPS) is 12.5. The molecular weight excluding hydrogens is 275 g/mol. The number of nitriles is 1. The van der Waals surface area contributed by atoms with Gasteiger partial charge in [-0.2, -0.15) is 5.26 Å². The highest BCUT2D eigenvalue weighted by atomic mass is 16.4. The number of nitrogens with zero attached hydrogens (tertiary/aromatic N) is 4. The molecule has 0 amide bonds. The van der Waals surface area contributed by atoms with E-state index in [0.717, 1.165) is 5.69 Å². The maximum Gasteiger partial charge on any atom is 0.324 e. The summed E-state index contributed by atoms with van der Waals surface area (Å²) < 4.78 is 5.62. The van der Waals surface area contributed by atoms with Gasteiger partial charge in [0.2, 0.25) is 5.69 Å². The van der Waals surface area contributed by atoms with E-state index in [1.807, 2.05) is 30.9 Å². The summed E-state index contributed by atoms with van der Waals surface area (Å²) in [6.45, 7) is 9.83. The molecule has 1 aliphatic heterocycles. The van der Waals surface area contributed by atoms with Gasteiger partial charge in [0, 0.05) is 18.9 Å². The van der Waals surface area contributed by atoms with Gasteiger partial charge in [-0.25, -0.2) is 4.85 Å². The average molecular weight is 288 g/mol. The zero-order valence-electron chi connectivity index (χ0n) is 12.4. The quantitative estimate of drug-likeness (QED) is 0.629. The minimum atomic E-state index is 0.135. The lowest BCUT2D eigenvalue weighted by molar-refractivity contribution is 0.333. The molecule has 0 saturated carbocycles. The Morgan fingerprint density at radius 3 is 3.00 bits per heavy atom. The number of hydrogen-bond donors (Lipinski definition) is 0. The third-order valence-corrected chi connectivity index (χ3v) is 3.89. The molecule has 2 heterocycles. The Balaban J connectivity index is 1.97. The van der Waals surface area contributed by atoms with Gasteiger partial charge in [-0.3, -0.25) is 4.98 Å². The molecule has 0 atom stereocenters. The van der Waals surface area contributed by atoms with Gasteiger partial charge in [-0.1, -0.05) is 12.9 Å². The Kier molecular flexibility index (Phi) is 3.54. The summed E-state index contributed by atoms with van der Waals surface area (Å²) in [5.74, 6) is 0.635. The molecule has 1 aliphatic rings. The molecule has 0 aliphatic carbocycles. The summed E-state index contributed by atoms with van der Waals surface area (Å²) in [4.78, 5) is 9.47. The third kappa shape index (κ3) is 2.30. The fourth-order valence-electron chi connectivity index (χ4n) is 2.56. The number of hydrogen-bond acceptors (Lipinski definition) is 4. The first-order valence-corrected chi connectivity index (χ1v) is 6.90. The van der Waals surface area contributed by atoms with Gasteiger partial charge >= 0.3 is 6.92 Å². The van der Waals surface area contributed by atoms with Gasteiger partial charge in [0.1, 0.15) is 5.82 Å². The summed E-state index contributed by atoms with van der Waals surface area (Å²) >= 11 is 0. The maximum absolute atomic E-state index is 9.13. The molecule has 0 spiro atoms. The highest BCUT2D eigenvalue weighted by molar-refractivity contribution is 6.67. The maximum atomic E-state index is 9.13. The Bertz CT molecular complexity index is 822. The molecule has 1 aromatic heterocycles. The van der Waals surface area contributed by atoms with Crippen molar-refractivity contribution in [3.8, 4) is 6.07 Å². The van der Waals surface area contributed by atoms with E-state index in [2.05, 4.69) is 22.0 Å². The minimum Gasteiger partial charge on any atom is -0.427 e. The van der Waals surface area contributed by atoms with Crippen LogP contribution in [-0.2, 0) is 11.3 Å². The first-order valence-electron chi connectivity index (χ1n) is 6.90. The zero-order valence-corrected chi connectivity index (χ0v) is 12.4. The Morgan fingerprint density at radius 1 is 1.45 bits per heavy atom. The number of pyridine rings is 1. The van der Waals surface area contributed by atoms with Crippen molar-refractivity contribution < 1.29 is 4.65 Å². The van der Waals surface area contributed by atoms with Crippen LogP contribution in [0.25, 0.3) is 4.85 Å².